The Bertz CT molecular complexity index is 484. The summed E-state index contributed by atoms with van der Waals surface area (Å²) in [6.07, 6.45) is 6.37. The van der Waals surface area contributed by atoms with Gasteiger partial charge in [0, 0.05) is 12.1 Å². The molecular weight excluding hydrogens is 256 g/mol. The monoisotopic (exact) mass is 276 g/mol. The van der Waals surface area contributed by atoms with Crippen molar-refractivity contribution in [2.75, 3.05) is 5.06 Å². The molecule has 1 aromatic carbocycles. The van der Waals surface area contributed by atoms with Crippen molar-refractivity contribution in [2.24, 2.45) is 0 Å². The molecule has 0 heterocycles. The first kappa shape index (κ1) is 14.5. The summed E-state index contributed by atoms with van der Waals surface area (Å²) in [6, 6.07) is 5.86. The second kappa shape index (κ2) is 6.52. The Labute approximate surface area is 118 Å². The van der Waals surface area contributed by atoms with Crippen molar-refractivity contribution in [3.8, 4) is 0 Å². The zero-order valence-corrected chi connectivity index (χ0v) is 11.5. The van der Waals surface area contributed by atoms with Crippen LogP contribution in [0, 0.1) is 10.1 Å². The Hall–Kier alpha value is -1.88. The summed E-state index contributed by atoms with van der Waals surface area (Å²) in [7, 11) is 0. The number of nitrogens with zero attached hydrogens (tertiary/aromatic N) is 2. The molecule has 0 bridgehead atoms. The molecule has 0 amide bonds. The first-order valence-electron chi connectivity index (χ1n) is 7.00. The summed E-state index contributed by atoms with van der Waals surface area (Å²) >= 11 is 0. The van der Waals surface area contributed by atoms with E-state index < -0.39 is 4.92 Å². The molecule has 20 heavy (non-hydrogen) atoms. The molecule has 1 aliphatic rings. The second-order valence-electron chi connectivity index (χ2n) is 5.25. The molecule has 1 aliphatic carbocycles. The Kier molecular flexibility index (Phi) is 4.74. The van der Waals surface area contributed by atoms with E-state index in [0.717, 1.165) is 31.3 Å². The third-order valence-corrected chi connectivity index (χ3v) is 3.82. The molecule has 0 aromatic heterocycles. The number of hydroxylamine groups is 1. The maximum absolute atomic E-state index is 10.6. The molecule has 0 aliphatic heterocycles. The van der Waals surface area contributed by atoms with Crippen molar-refractivity contribution in [1.82, 2.24) is 0 Å². The van der Waals surface area contributed by atoms with Crippen molar-refractivity contribution in [3.05, 3.63) is 46.5 Å². The molecule has 1 unspecified atom stereocenters. The van der Waals surface area contributed by atoms with Crippen LogP contribution in [0.25, 0.3) is 0 Å². The predicted molar refractivity (Wildman–Crippen MR) is 78.0 cm³/mol. The minimum Gasteiger partial charge on any atom is -0.288 e. The lowest BCUT2D eigenvalue weighted by Crippen LogP contribution is -2.34. The third-order valence-electron chi connectivity index (χ3n) is 3.82. The molecule has 1 aromatic rings. The highest BCUT2D eigenvalue weighted by molar-refractivity contribution is 5.50. The number of non-ortho nitro benzene ring substituents is 1. The van der Waals surface area contributed by atoms with E-state index >= 15 is 0 Å². The summed E-state index contributed by atoms with van der Waals surface area (Å²) in [5, 5.41) is 22.2. The summed E-state index contributed by atoms with van der Waals surface area (Å²) in [5.74, 6) is 0. The van der Waals surface area contributed by atoms with E-state index in [1.807, 2.05) is 0 Å². The topological polar surface area (TPSA) is 66.6 Å². The van der Waals surface area contributed by atoms with Crippen molar-refractivity contribution >= 4 is 11.4 Å². The van der Waals surface area contributed by atoms with Gasteiger partial charge in [-0.25, -0.2) is 5.06 Å². The van der Waals surface area contributed by atoms with Crippen molar-refractivity contribution < 1.29 is 10.1 Å². The van der Waals surface area contributed by atoms with Crippen LogP contribution in [-0.2, 0) is 0 Å². The molecule has 0 radical (unpaired) electrons. The van der Waals surface area contributed by atoms with Crippen molar-refractivity contribution in [2.45, 2.75) is 44.6 Å². The standard InChI is InChI=1S/C15H20N2O3/c1-12-6-4-2-3-5-7-15(12)16(18)13-8-10-14(11-9-13)17(19)20/h8-11,15,18H,1-7H2. The lowest BCUT2D eigenvalue weighted by atomic mass is 9.92. The van der Waals surface area contributed by atoms with E-state index in [4.69, 9.17) is 0 Å². The fourth-order valence-corrected chi connectivity index (χ4v) is 2.62. The van der Waals surface area contributed by atoms with E-state index in [1.165, 1.54) is 30.0 Å². The summed E-state index contributed by atoms with van der Waals surface area (Å²) in [6.45, 7) is 4.08. The quantitative estimate of drug-likeness (QED) is 0.513. The predicted octanol–water partition coefficient (Wildman–Crippen LogP) is 4.07. The van der Waals surface area contributed by atoms with Gasteiger partial charge in [0.25, 0.3) is 5.69 Å². The second-order valence-corrected chi connectivity index (χ2v) is 5.25. The molecule has 1 saturated carbocycles. The number of rotatable bonds is 3. The minimum atomic E-state index is -0.444. The van der Waals surface area contributed by atoms with Gasteiger partial charge in [0.1, 0.15) is 0 Å². The molecule has 0 spiro atoms. The van der Waals surface area contributed by atoms with Gasteiger partial charge in [0.05, 0.1) is 16.7 Å². The summed E-state index contributed by atoms with van der Waals surface area (Å²) < 4.78 is 0. The van der Waals surface area contributed by atoms with E-state index in [1.54, 1.807) is 12.1 Å². The van der Waals surface area contributed by atoms with Crippen LogP contribution in [0.2, 0.25) is 0 Å². The number of benzene rings is 1. The van der Waals surface area contributed by atoms with E-state index in [2.05, 4.69) is 6.58 Å². The molecule has 1 N–H and O–H groups in total. The van der Waals surface area contributed by atoms with Crippen LogP contribution in [-0.4, -0.2) is 16.2 Å². The van der Waals surface area contributed by atoms with Crippen LogP contribution >= 0.6 is 0 Å². The van der Waals surface area contributed by atoms with Crippen LogP contribution in [0.1, 0.15) is 38.5 Å². The molecule has 108 valence electrons. The van der Waals surface area contributed by atoms with Crippen LogP contribution in [0.5, 0.6) is 0 Å². The highest BCUT2D eigenvalue weighted by atomic mass is 16.6. The van der Waals surface area contributed by atoms with Gasteiger partial charge in [-0.3, -0.25) is 15.3 Å². The van der Waals surface area contributed by atoms with Gasteiger partial charge in [-0.2, -0.15) is 0 Å². The van der Waals surface area contributed by atoms with Gasteiger partial charge in [-0.15, -0.1) is 0 Å². The molecule has 5 nitrogen and oxygen atoms in total. The fourth-order valence-electron chi connectivity index (χ4n) is 2.62. The largest absolute Gasteiger partial charge is 0.288 e. The van der Waals surface area contributed by atoms with Gasteiger partial charge >= 0.3 is 0 Å². The molecule has 1 atom stereocenters. The first-order chi connectivity index (χ1) is 9.59. The van der Waals surface area contributed by atoms with E-state index in [0.29, 0.717) is 5.69 Å². The lowest BCUT2D eigenvalue weighted by molar-refractivity contribution is -0.384. The Morgan fingerprint density at radius 3 is 2.50 bits per heavy atom. The van der Waals surface area contributed by atoms with Crippen LogP contribution in [0.3, 0.4) is 0 Å². The Morgan fingerprint density at radius 2 is 1.85 bits per heavy atom. The maximum Gasteiger partial charge on any atom is 0.269 e. The van der Waals surface area contributed by atoms with E-state index in [9.17, 15) is 15.3 Å². The zero-order chi connectivity index (χ0) is 14.5. The average Bonchev–Trinajstić information content (AvgIpc) is 2.43. The normalized spacial score (nSPS) is 20.1. The number of nitro groups is 1. The van der Waals surface area contributed by atoms with Crippen molar-refractivity contribution in [3.63, 3.8) is 0 Å². The first-order valence-corrected chi connectivity index (χ1v) is 7.00. The number of hydrogen-bond donors (Lipinski definition) is 1. The van der Waals surface area contributed by atoms with Gasteiger partial charge in [0.2, 0.25) is 0 Å². The van der Waals surface area contributed by atoms with Gasteiger partial charge < -0.3 is 0 Å². The molecule has 5 heteroatoms. The Balaban J connectivity index is 2.13. The van der Waals surface area contributed by atoms with E-state index in [-0.39, 0.29) is 11.7 Å². The molecule has 2 rings (SSSR count). The highest BCUT2D eigenvalue weighted by Gasteiger charge is 2.22. The SMILES string of the molecule is C=C1CCCCCCC1N(O)c1ccc([N+](=O)[O-])cc1. The number of anilines is 1. The van der Waals surface area contributed by atoms with Crippen molar-refractivity contribution in [1.29, 1.82) is 0 Å². The molecule has 0 saturated heterocycles. The zero-order valence-electron chi connectivity index (χ0n) is 11.5. The average molecular weight is 276 g/mol. The third kappa shape index (κ3) is 3.36. The summed E-state index contributed by atoms with van der Waals surface area (Å²) in [4.78, 5) is 10.2. The minimum absolute atomic E-state index is 0.0265. The Morgan fingerprint density at radius 1 is 1.20 bits per heavy atom. The molecule has 1 fully saturated rings. The van der Waals surface area contributed by atoms with Crippen LogP contribution in [0.4, 0.5) is 11.4 Å². The highest BCUT2D eigenvalue weighted by Crippen LogP contribution is 2.28. The summed E-state index contributed by atoms with van der Waals surface area (Å²) in [5.41, 5.74) is 1.63. The van der Waals surface area contributed by atoms with Gasteiger partial charge in [-0.1, -0.05) is 31.4 Å². The number of hydrogen-bond acceptors (Lipinski definition) is 4. The van der Waals surface area contributed by atoms with Crippen LogP contribution < -0.4 is 5.06 Å². The number of nitro benzene ring substituents is 1. The lowest BCUT2D eigenvalue weighted by Gasteiger charge is -2.31. The fraction of sp³-hybridized carbons (Fsp3) is 0.467. The smallest absolute Gasteiger partial charge is 0.269 e. The van der Waals surface area contributed by atoms with Gasteiger partial charge in [-0.05, 0) is 31.4 Å². The van der Waals surface area contributed by atoms with Gasteiger partial charge in [0.15, 0.2) is 0 Å². The maximum atomic E-state index is 10.6. The van der Waals surface area contributed by atoms with Crippen LogP contribution in [0.15, 0.2) is 36.4 Å². The molecular formula is C15H20N2O3.